The normalized spacial score (nSPS) is 18.6. The third-order valence-corrected chi connectivity index (χ3v) is 7.86. The van der Waals surface area contributed by atoms with E-state index in [2.05, 4.69) is 37.4 Å². The molecular weight excluding hydrogens is 489 g/mol. The number of nitrogens with zero attached hydrogens (tertiary/aromatic N) is 5. The standard InChI is InChI=1S/C19H24IN5O2S/c1-15-14-18(23-8-2-3-9-23)22-19(21-15)24-10-12-25(13-11-24)28(26,27)17-6-4-16(20)5-7-17/h4-7,14H,2-3,8-13H2,1H3. The molecule has 0 N–H and O–H groups in total. The fourth-order valence-electron chi connectivity index (χ4n) is 3.67. The van der Waals surface area contributed by atoms with Crippen LogP contribution in [0.1, 0.15) is 18.5 Å². The van der Waals surface area contributed by atoms with Crippen molar-refractivity contribution in [1.29, 1.82) is 0 Å². The Morgan fingerprint density at radius 1 is 0.893 bits per heavy atom. The number of aromatic nitrogens is 2. The number of benzene rings is 1. The van der Waals surface area contributed by atoms with Crippen LogP contribution in [0.2, 0.25) is 0 Å². The molecule has 9 heteroatoms. The van der Waals surface area contributed by atoms with Crippen LogP contribution in [0.4, 0.5) is 11.8 Å². The van der Waals surface area contributed by atoms with Crippen molar-refractivity contribution in [3.8, 4) is 0 Å². The average Bonchev–Trinajstić information content (AvgIpc) is 3.23. The second-order valence-corrected chi connectivity index (χ2v) is 10.4. The Labute approximate surface area is 180 Å². The Balaban J connectivity index is 1.47. The number of sulfonamides is 1. The highest BCUT2D eigenvalue weighted by molar-refractivity contribution is 14.1. The highest BCUT2D eigenvalue weighted by atomic mass is 127. The molecule has 150 valence electrons. The van der Waals surface area contributed by atoms with Crippen LogP contribution in [0.3, 0.4) is 0 Å². The summed E-state index contributed by atoms with van der Waals surface area (Å²) in [7, 11) is -3.46. The quantitative estimate of drug-likeness (QED) is 0.586. The van der Waals surface area contributed by atoms with Crippen LogP contribution in [0.5, 0.6) is 0 Å². The van der Waals surface area contributed by atoms with E-state index in [1.165, 1.54) is 12.8 Å². The Kier molecular flexibility index (Phi) is 5.75. The van der Waals surface area contributed by atoms with E-state index in [0.29, 0.717) is 37.0 Å². The molecule has 3 heterocycles. The maximum Gasteiger partial charge on any atom is 0.243 e. The molecule has 0 atom stereocenters. The molecule has 0 amide bonds. The Morgan fingerprint density at radius 3 is 2.18 bits per heavy atom. The van der Waals surface area contributed by atoms with Crippen LogP contribution in [-0.2, 0) is 10.0 Å². The molecule has 28 heavy (non-hydrogen) atoms. The van der Waals surface area contributed by atoms with E-state index in [4.69, 9.17) is 4.98 Å². The number of aryl methyl sites for hydroxylation is 1. The van der Waals surface area contributed by atoms with E-state index in [-0.39, 0.29) is 0 Å². The predicted octanol–water partition coefficient (Wildman–Crippen LogP) is 2.50. The molecule has 2 aliphatic heterocycles. The largest absolute Gasteiger partial charge is 0.356 e. The lowest BCUT2D eigenvalue weighted by Gasteiger charge is -2.34. The predicted molar refractivity (Wildman–Crippen MR) is 118 cm³/mol. The summed E-state index contributed by atoms with van der Waals surface area (Å²) in [6, 6.07) is 9.03. The molecule has 2 aliphatic rings. The minimum absolute atomic E-state index is 0.351. The van der Waals surface area contributed by atoms with E-state index in [1.54, 1.807) is 16.4 Å². The van der Waals surface area contributed by atoms with Gasteiger partial charge in [0.05, 0.1) is 4.90 Å². The maximum absolute atomic E-state index is 12.9. The molecule has 4 rings (SSSR count). The molecule has 0 saturated carbocycles. The Bertz CT molecular complexity index is 937. The van der Waals surface area contributed by atoms with Crippen LogP contribution >= 0.6 is 22.6 Å². The summed E-state index contributed by atoms with van der Waals surface area (Å²) in [5, 5.41) is 0. The number of rotatable bonds is 4. The van der Waals surface area contributed by atoms with Crippen molar-refractivity contribution < 1.29 is 8.42 Å². The summed E-state index contributed by atoms with van der Waals surface area (Å²) in [6.07, 6.45) is 2.40. The maximum atomic E-state index is 12.9. The molecule has 7 nitrogen and oxygen atoms in total. The fraction of sp³-hybridized carbons (Fsp3) is 0.474. The highest BCUT2D eigenvalue weighted by Crippen LogP contribution is 2.24. The van der Waals surface area contributed by atoms with Gasteiger partial charge in [-0.3, -0.25) is 0 Å². The third kappa shape index (κ3) is 4.11. The summed E-state index contributed by atoms with van der Waals surface area (Å²) in [5.74, 6) is 1.68. The molecule has 2 aromatic rings. The molecule has 2 saturated heterocycles. The van der Waals surface area contributed by atoms with Crippen molar-refractivity contribution in [3.63, 3.8) is 0 Å². The van der Waals surface area contributed by atoms with Gasteiger partial charge in [0.15, 0.2) is 0 Å². The lowest BCUT2D eigenvalue weighted by atomic mass is 10.3. The van der Waals surface area contributed by atoms with Crippen molar-refractivity contribution in [1.82, 2.24) is 14.3 Å². The molecule has 0 spiro atoms. The van der Waals surface area contributed by atoms with Gasteiger partial charge in [-0.25, -0.2) is 13.4 Å². The van der Waals surface area contributed by atoms with Crippen LogP contribution in [0.25, 0.3) is 0 Å². The first-order valence-corrected chi connectivity index (χ1v) is 12.1. The van der Waals surface area contributed by atoms with E-state index in [9.17, 15) is 8.42 Å². The third-order valence-electron chi connectivity index (χ3n) is 5.23. The van der Waals surface area contributed by atoms with Crippen LogP contribution in [0, 0.1) is 10.5 Å². The van der Waals surface area contributed by atoms with Crippen LogP contribution in [0.15, 0.2) is 35.2 Å². The summed E-state index contributed by atoms with van der Waals surface area (Å²) < 4.78 is 28.4. The van der Waals surface area contributed by atoms with Gasteiger partial charge in [-0.1, -0.05) is 0 Å². The molecule has 0 bridgehead atoms. The topological polar surface area (TPSA) is 69.6 Å². The summed E-state index contributed by atoms with van der Waals surface area (Å²) in [5.41, 5.74) is 0.945. The van der Waals surface area contributed by atoms with Crippen molar-refractivity contribution >= 4 is 44.4 Å². The second kappa shape index (κ2) is 8.11. The van der Waals surface area contributed by atoms with Gasteiger partial charge in [0.25, 0.3) is 0 Å². The molecule has 1 aromatic carbocycles. The molecule has 1 aromatic heterocycles. The van der Waals surface area contributed by atoms with Gasteiger partial charge in [0.1, 0.15) is 5.82 Å². The van der Waals surface area contributed by atoms with Crippen LogP contribution < -0.4 is 9.80 Å². The fourth-order valence-corrected chi connectivity index (χ4v) is 5.45. The molecule has 2 fully saturated rings. The smallest absolute Gasteiger partial charge is 0.243 e. The van der Waals surface area contributed by atoms with Gasteiger partial charge in [0, 0.05) is 54.6 Å². The van der Waals surface area contributed by atoms with E-state index >= 15 is 0 Å². The molecule has 0 aliphatic carbocycles. The number of hydrogen-bond donors (Lipinski definition) is 0. The first-order chi connectivity index (χ1) is 13.4. The second-order valence-electron chi connectivity index (χ2n) is 7.21. The number of piperazine rings is 1. The SMILES string of the molecule is Cc1cc(N2CCCC2)nc(N2CCN(S(=O)(=O)c3ccc(I)cc3)CC2)n1. The van der Waals surface area contributed by atoms with E-state index < -0.39 is 10.0 Å². The number of halogens is 1. The van der Waals surface area contributed by atoms with Gasteiger partial charge in [0.2, 0.25) is 16.0 Å². The van der Waals surface area contributed by atoms with Gasteiger partial charge in [-0.2, -0.15) is 9.29 Å². The minimum atomic E-state index is -3.46. The summed E-state index contributed by atoms with van der Waals surface area (Å²) >= 11 is 2.17. The summed E-state index contributed by atoms with van der Waals surface area (Å²) in [6.45, 7) is 6.12. The lowest BCUT2D eigenvalue weighted by Crippen LogP contribution is -2.49. The van der Waals surface area contributed by atoms with Crippen molar-refractivity contribution in [2.75, 3.05) is 49.1 Å². The first-order valence-electron chi connectivity index (χ1n) is 9.55. The van der Waals surface area contributed by atoms with Crippen molar-refractivity contribution in [2.45, 2.75) is 24.7 Å². The van der Waals surface area contributed by atoms with Crippen molar-refractivity contribution in [3.05, 3.63) is 39.6 Å². The molecule has 0 radical (unpaired) electrons. The van der Waals surface area contributed by atoms with E-state index in [1.807, 2.05) is 25.1 Å². The van der Waals surface area contributed by atoms with Crippen LogP contribution in [-0.4, -0.2) is 62.0 Å². The van der Waals surface area contributed by atoms with Gasteiger partial charge >= 0.3 is 0 Å². The number of hydrogen-bond acceptors (Lipinski definition) is 6. The zero-order valence-corrected chi connectivity index (χ0v) is 18.9. The average molecular weight is 513 g/mol. The number of anilines is 2. The minimum Gasteiger partial charge on any atom is -0.356 e. The summed E-state index contributed by atoms with van der Waals surface area (Å²) in [4.78, 5) is 14.1. The Morgan fingerprint density at radius 2 is 1.54 bits per heavy atom. The first kappa shape index (κ1) is 19.8. The zero-order valence-electron chi connectivity index (χ0n) is 15.9. The Hall–Kier alpha value is -1.46. The zero-order chi connectivity index (χ0) is 19.7. The molecule has 0 unspecified atom stereocenters. The lowest BCUT2D eigenvalue weighted by molar-refractivity contribution is 0.382. The van der Waals surface area contributed by atoms with E-state index in [0.717, 1.165) is 28.2 Å². The van der Waals surface area contributed by atoms with Crippen molar-refractivity contribution in [2.24, 2.45) is 0 Å². The van der Waals surface area contributed by atoms with Gasteiger partial charge < -0.3 is 9.80 Å². The molecular formula is C19H24IN5O2S. The van der Waals surface area contributed by atoms with Gasteiger partial charge in [-0.05, 0) is 66.6 Å². The highest BCUT2D eigenvalue weighted by Gasteiger charge is 2.29. The monoisotopic (exact) mass is 513 g/mol. The van der Waals surface area contributed by atoms with Gasteiger partial charge in [-0.15, -0.1) is 0 Å².